The molecule has 0 saturated carbocycles. The number of nitrogens with one attached hydrogen (secondary N) is 1. The first kappa shape index (κ1) is 15.0. The standard InChI is InChI=1S/C14H18FN5O/c1-8-4-5-10(6-11(8)21-3)9(2)17-14-19-12(7-15)18-13(16)20-14/h4-6,9H,7H2,1-3H3,(H3,16,17,18,19,20). The van der Waals surface area contributed by atoms with Crippen molar-refractivity contribution in [2.24, 2.45) is 0 Å². The van der Waals surface area contributed by atoms with E-state index >= 15 is 0 Å². The van der Waals surface area contributed by atoms with Gasteiger partial charge < -0.3 is 15.8 Å². The second kappa shape index (κ2) is 6.34. The average Bonchev–Trinajstić information content (AvgIpc) is 2.46. The van der Waals surface area contributed by atoms with Gasteiger partial charge in [-0.15, -0.1) is 0 Å². The van der Waals surface area contributed by atoms with E-state index in [1.165, 1.54) is 0 Å². The van der Waals surface area contributed by atoms with E-state index in [-0.39, 0.29) is 23.8 Å². The van der Waals surface area contributed by atoms with Crippen LogP contribution >= 0.6 is 0 Å². The first-order valence-electron chi connectivity index (χ1n) is 6.51. The highest BCUT2D eigenvalue weighted by Crippen LogP contribution is 2.24. The van der Waals surface area contributed by atoms with Crippen molar-refractivity contribution in [3.63, 3.8) is 0 Å². The summed E-state index contributed by atoms with van der Waals surface area (Å²) >= 11 is 0. The number of nitrogen functional groups attached to an aromatic ring is 1. The molecule has 0 fully saturated rings. The fourth-order valence-corrected chi connectivity index (χ4v) is 1.95. The van der Waals surface area contributed by atoms with E-state index in [4.69, 9.17) is 10.5 Å². The van der Waals surface area contributed by atoms with Crippen LogP contribution in [0, 0.1) is 6.92 Å². The van der Waals surface area contributed by atoms with Gasteiger partial charge in [-0.2, -0.15) is 15.0 Å². The summed E-state index contributed by atoms with van der Waals surface area (Å²) in [5, 5.41) is 3.08. The molecule has 0 amide bonds. The molecule has 0 aliphatic rings. The summed E-state index contributed by atoms with van der Waals surface area (Å²) in [7, 11) is 1.63. The Balaban J connectivity index is 2.21. The second-order valence-corrected chi connectivity index (χ2v) is 4.66. The summed E-state index contributed by atoms with van der Waals surface area (Å²) in [5.74, 6) is 1.07. The highest BCUT2D eigenvalue weighted by molar-refractivity contribution is 5.41. The molecule has 2 rings (SSSR count). The number of benzene rings is 1. The Morgan fingerprint density at radius 2 is 2.10 bits per heavy atom. The molecule has 7 heteroatoms. The minimum Gasteiger partial charge on any atom is -0.496 e. The molecule has 0 saturated heterocycles. The Morgan fingerprint density at radius 1 is 1.33 bits per heavy atom. The van der Waals surface area contributed by atoms with Crippen molar-refractivity contribution in [1.29, 1.82) is 0 Å². The summed E-state index contributed by atoms with van der Waals surface area (Å²) < 4.78 is 17.9. The van der Waals surface area contributed by atoms with Gasteiger partial charge in [0.2, 0.25) is 11.9 Å². The van der Waals surface area contributed by atoms with Crippen LogP contribution in [0.5, 0.6) is 5.75 Å². The molecule has 0 aliphatic heterocycles. The van der Waals surface area contributed by atoms with Crippen LogP contribution in [0.4, 0.5) is 16.3 Å². The maximum absolute atomic E-state index is 12.6. The van der Waals surface area contributed by atoms with Gasteiger partial charge >= 0.3 is 0 Å². The number of aryl methyl sites for hydroxylation is 1. The van der Waals surface area contributed by atoms with E-state index in [1.54, 1.807) is 7.11 Å². The number of ether oxygens (including phenoxy) is 1. The van der Waals surface area contributed by atoms with Crippen molar-refractivity contribution < 1.29 is 9.13 Å². The van der Waals surface area contributed by atoms with Gasteiger partial charge in [0.15, 0.2) is 5.82 Å². The zero-order valence-corrected chi connectivity index (χ0v) is 12.2. The van der Waals surface area contributed by atoms with Gasteiger partial charge in [-0.1, -0.05) is 12.1 Å². The van der Waals surface area contributed by atoms with E-state index in [0.29, 0.717) is 0 Å². The van der Waals surface area contributed by atoms with Gasteiger partial charge in [-0.05, 0) is 31.0 Å². The van der Waals surface area contributed by atoms with Crippen LogP contribution in [0.2, 0.25) is 0 Å². The topological polar surface area (TPSA) is 86.0 Å². The number of halogens is 1. The number of hydrogen-bond donors (Lipinski definition) is 2. The number of anilines is 2. The zero-order chi connectivity index (χ0) is 15.4. The summed E-state index contributed by atoms with van der Waals surface area (Å²) in [6, 6.07) is 5.80. The number of hydrogen-bond acceptors (Lipinski definition) is 6. The Labute approximate surface area is 122 Å². The Hall–Kier alpha value is -2.44. The van der Waals surface area contributed by atoms with Crippen LogP contribution in [-0.2, 0) is 6.67 Å². The zero-order valence-electron chi connectivity index (χ0n) is 12.2. The summed E-state index contributed by atoms with van der Waals surface area (Å²) in [4.78, 5) is 11.6. The summed E-state index contributed by atoms with van der Waals surface area (Å²) in [6.45, 7) is 3.13. The quantitative estimate of drug-likeness (QED) is 0.880. The summed E-state index contributed by atoms with van der Waals surface area (Å²) in [5.41, 5.74) is 7.58. The second-order valence-electron chi connectivity index (χ2n) is 4.66. The molecule has 1 aromatic heterocycles. The smallest absolute Gasteiger partial charge is 0.228 e. The van der Waals surface area contributed by atoms with Crippen LogP contribution < -0.4 is 15.8 Å². The van der Waals surface area contributed by atoms with Crippen LogP contribution in [0.3, 0.4) is 0 Å². The monoisotopic (exact) mass is 291 g/mol. The van der Waals surface area contributed by atoms with E-state index in [9.17, 15) is 4.39 Å². The number of rotatable bonds is 5. The lowest BCUT2D eigenvalue weighted by Gasteiger charge is -2.16. The van der Waals surface area contributed by atoms with E-state index in [2.05, 4.69) is 20.3 Å². The molecule has 21 heavy (non-hydrogen) atoms. The van der Waals surface area contributed by atoms with E-state index in [1.807, 2.05) is 32.0 Å². The molecule has 1 aromatic carbocycles. The van der Waals surface area contributed by atoms with Crippen molar-refractivity contribution in [2.45, 2.75) is 26.6 Å². The average molecular weight is 291 g/mol. The molecule has 0 radical (unpaired) electrons. The largest absolute Gasteiger partial charge is 0.496 e. The van der Waals surface area contributed by atoms with E-state index < -0.39 is 6.67 Å². The Bertz CT molecular complexity index is 635. The molecule has 1 unspecified atom stereocenters. The molecule has 3 N–H and O–H groups in total. The van der Waals surface area contributed by atoms with Crippen LogP contribution in [0.15, 0.2) is 18.2 Å². The van der Waals surface area contributed by atoms with Gasteiger partial charge in [0, 0.05) is 0 Å². The van der Waals surface area contributed by atoms with Crippen LogP contribution in [-0.4, -0.2) is 22.1 Å². The molecule has 6 nitrogen and oxygen atoms in total. The molecule has 0 bridgehead atoms. The molecule has 1 heterocycles. The molecular formula is C14H18FN5O. The van der Waals surface area contributed by atoms with Gasteiger partial charge in [0.25, 0.3) is 0 Å². The van der Waals surface area contributed by atoms with Crippen LogP contribution in [0.1, 0.15) is 29.9 Å². The number of nitrogens with zero attached hydrogens (tertiary/aromatic N) is 3. The molecular weight excluding hydrogens is 273 g/mol. The third kappa shape index (κ3) is 3.56. The normalized spacial score (nSPS) is 12.0. The lowest BCUT2D eigenvalue weighted by molar-refractivity contribution is 0.411. The maximum Gasteiger partial charge on any atom is 0.228 e. The first-order chi connectivity index (χ1) is 10.0. The third-order valence-electron chi connectivity index (χ3n) is 3.10. The number of methoxy groups -OCH3 is 1. The molecule has 2 aromatic rings. The van der Waals surface area contributed by atoms with Gasteiger partial charge in [-0.3, -0.25) is 0 Å². The van der Waals surface area contributed by atoms with Crippen molar-refractivity contribution in [2.75, 3.05) is 18.2 Å². The molecule has 112 valence electrons. The summed E-state index contributed by atoms with van der Waals surface area (Å²) in [6.07, 6.45) is 0. The van der Waals surface area contributed by atoms with Gasteiger partial charge in [-0.25, -0.2) is 4.39 Å². The SMILES string of the molecule is COc1cc(C(C)Nc2nc(N)nc(CF)n2)ccc1C. The molecule has 0 spiro atoms. The highest BCUT2D eigenvalue weighted by Gasteiger charge is 2.11. The minimum atomic E-state index is -0.784. The van der Waals surface area contributed by atoms with Crippen molar-refractivity contribution in [3.8, 4) is 5.75 Å². The van der Waals surface area contributed by atoms with Crippen molar-refractivity contribution in [3.05, 3.63) is 35.2 Å². The van der Waals surface area contributed by atoms with E-state index in [0.717, 1.165) is 16.9 Å². The van der Waals surface area contributed by atoms with Crippen LogP contribution in [0.25, 0.3) is 0 Å². The van der Waals surface area contributed by atoms with Crippen molar-refractivity contribution >= 4 is 11.9 Å². The first-order valence-corrected chi connectivity index (χ1v) is 6.51. The maximum atomic E-state index is 12.6. The fourth-order valence-electron chi connectivity index (χ4n) is 1.95. The number of alkyl halides is 1. The number of nitrogens with two attached hydrogens (primary N) is 1. The minimum absolute atomic E-state index is 0.00571. The lowest BCUT2D eigenvalue weighted by Crippen LogP contribution is -2.13. The third-order valence-corrected chi connectivity index (χ3v) is 3.10. The predicted molar refractivity (Wildman–Crippen MR) is 78.8 cm³/mol. The Kier molecular flexibility index (Phi) is 4.52. The molecule has 1 atom stereocenters. The predicted octanol–water partition coefficient (Wildman–Crippen LogP) is 2.41. The molecule has 0 aliphatic carbocycles. The van der Waals surface area contributed by atoms with Crippen molar-refractivity contribution in [1.82, 2.24) is 15.0 Å². The fraction of sp³-hybridized carbons (Fsp3) is 0.357. The lowest BCUT2D eigenvalue weighted by atomic mass is 10.1. The van der Waals surface area contributed by atoms with Gasteiger partial charge in [0.05, 0.1) is 13.2 Å². The van der Waals surface area contributed by atoms with Gasteiger partial charge in [0.1, 0.15) is 12.4 Å². The number of aromatic nitrogens is 3. The highest BCUT2D eigenvalue weighted by atomic mass is 19.1. The Morgan fingerprint density at radius 3 is 2.76 bits per heavy atom.